The molecule has 0 aliphatic rings. The van der Waals surface area contributed by atoms with Gasteiger partial charge in [-0.3, -0.25) is 0 Å². The van der Waals surface area contributed by atoms with E-state index in [2.05, 4.69) is 20.2 Å². The highest BCUT2D eigenvalue weighted by atomic mass is 16.5. The molecule has 0 bridgehead atoms. The van der Waals surface area contributed by atoms with Crippen LogP contribution in [-0.2, 0) is 19.1 Å². The molecule has 2 heterocycles. The minimum Gasteiger partial charge on any atom is -0.467 e. The molecule has 2 rings (SSSR count). The lowest BCUT2D eigenvalue weighted by atomic mass is 10.1. The van der Waals surface area contributed by atoms with Crippen molar-refractivity contribution in [2.45, 2.75) is 12.1 Å². The Morgan fingerprint density at radius 1 is 0.900 bits per heavy atom. The van der Waals surface area contributed by atoms with Crippen LogP contribution in [0.1, 0.15) is 12.1 Å². The summed E-state index contributed by atoms with van der Waals surface area (Å²) in [6, 6.07) is -2.20. The van der Waals surface area contributed by atoms with Crippen LogP contribution in [0.4, 0.5) is 0 Å². The number of methoxy groups -OCH3 is 2. The van der Waals surface area contributed by atoms with Crippen molar-refractivity contribution < 1.29 is 19.1 Å². The summed E-state index contributed by atoms with van der Waals surface area (Å²) in [5.74, 6) is -1.36. The zero-order valence-corrected chi connectivity index (χ0v) is 10.8. The second-order valence-electron chi connectivity index (χ2n) is 3.69. The van der Waals surface area contributed by atoms with Gasteiger partial charge >= 0.3 is 11.9 Å². The molecule has 10 heteroatoms. The Morgan fingerprint density at radius 3 is 1.55 bits per heavy atom. The minimum absolute atomic E-state index is 0.679. The highest BCUT2D eigenvalue weighted by Crippen LogP contribution is 2.24. The summed E-state index contributed by atoms with van der Waals surface area (Å²) >= 11 is 0. The van der Waals surface area contributed by atoms with E-state index in [1.807, 2.05) is 0 Å². The van der Waals surface area contributed by atoms with E-state index in [1.165, 1.54) is 48.9 Å². The molecule has 2 aromatic heterocycles. The number of carbonyl (C=O) groups excluding carboxylic acids is 2. The van der Waals surface area contributed by atoms with Gasteiger partial charge in [0.2, 0.25) is 0 Å². The molecular formula is C10H12N6O4. The SMILES string of the molecule is COC(=O)[C@H]([C@H](C(=O)OC)n1cncn1)n1cncn1. The predicted octanol–water partition coefficient (Wildman–Crippen LogP) is -1.00. The van der Waals surface area contributed by atoms with E-state index in [9.17, 15) is 9.59 Å². The molecule has 2 aromatic rings. The van der Waals surface area contributed by atoms with Crippen LogP contribution in [0.3, 0.4) is 0 Å². The highest BCUT2D eigenvalue weighted by molar-refractivity contribution is 5.84. The zero-order chi connectivity index (χ0) is 14.5. The van der Waals surface area contributed by atoms with Crippen molar-refractivity contribution in [2.24, 2.45) is 0 Å². The Kier molecular flexibility index (Phi) is 4.03. The van der Waals surface area contributed by atoms with Gasteiger partial charge in [-0.05, 0) is 0 Å². The maximum absolute atomic E-state index is 12.0. The van der Waals surface area contributed by atoms with Crippen LogP contribution in [-0.4, -0.2) is 55.7 Å². The van der Waals surface area contributed by atoms with E-state index >= 15 is 0 Å². The van der Waals surface area contributed by atoms with Crippen LogP contribution < -0.4 is 0 Å². The lowest BCUT2D eigenvalue weighted by Gasteiger charge is -2.22. The average molecular weight is 280 g/mol. The Bertz CT molecular complexity index is 514. The second-order valence-corrected chi connectivity index (χ2v) is 3.69. The molecule has 0 saturated heterocycles. The summed E-state index contributed by atoms with van der Waals surface area (Å²) in [6.45, 7) is 0. The van der Waals surface area contributed by atoms with E-state index in [0.29, 0.717) is 0 Å². The molecule has 0 amide bonds. The summed E-state index contributed by atoms with van der Waals surface area (Å²) in [4.78, 5) is 31.5. The van der Waals surface area contributed by atoms with E-state index in [4.69, 9.17) is 9.47 Å². The fourth-order valence-corrected chi connectivity index (χ4v) is 1.73. The van der Waals surface area contributed by atoms with E-state index in [1.54, 1.807) is 0 Å². The maximum atomic E-state index is 12.0. The fourth-order valence-electron chi connectivity index (χ4n) is 1.73. The van der Waals surface area contributed by atoms with Gasteiger partial charge < -0.3 is 9.47 Å². The van der Waals surface area contributed by atoms with Crippen LogP contribution in [0.2, 0.25) is 0 Å². The Balaban J connectivity index is 2.47. The smallest absolute Gasteiger partial charge is 0.333 e. The lowest BCUT2D eigenvalue weighted by molar-refractivity contribution is -0.156. The summed E-state index contributed by atoms with van der Waals surface area (Å²) in [6.07, 6.45) is 5.08. The number of ether oxygens (including phenoxy) is 2. The largest absolute Gasteiger partial charge is 0.467 e. The van der Waals surface area contributed by atoms with E-state index < -0.39 is 24.0 Å². The standard InChI is InChI=1S/C10H12N6O4/c1-19-9(17)7(15-5-11-3-13-15)8(10(18)20-2)16-6-12-4-14-16/h3-8H,1-2H3/t7-,8+. The minimum atomic E-state index is -1.10. The molecule has 10 nitrogen and oxygen atoms in total. The normalized spacial score (nSPS) is 13.5. The first-order valence-electron chi connectivity index (χ1n) is 5.53. The summed E-state index contributed by atoms with van der Waals surface area (Å²) in [5.41, 5.74) is 0. The number of rotatable bonds is 5. The fraction of sp³-hybridized carbons (Fsp3) is 0.400. The van der Waals surface area contributed by atoms with Gasteiger partial charge in [0.25, 0.3) is 0 Å². The summed E-state index contributed by atoms with van der Waals surface area (Å²) < 4.78 is 11.8. The molecule has 20 heavy (non-hydrogen) atoms. The van der Waals surface area contributed by atoms with Crippen molar-refractivity contribution >= 4 is 11.9 Å². The molecule has 0 fully saturated rings. The van der Waals surface area contributed by atoms with Crippen LogP contribution in [0.5, 0.6) is 0 Å². The second kappa shape index (κ2) is 5.91. The van der Waals surface area contributed by atoms with Crippen LogP contribution in [0, 0.1) is 0 Å². The average Bonchev–Trinajstić information content (AvgIpc) is 3.15. The first-order valence-corrected chi connectivity index (χ1v) is 5.53. The third-order valence-electron chi connectivity index (χ3n) is 2.63. The molecular weight excluding hydrogens is 268 g/mol. The number of carbonyl (C=O) groups is 2. The van der Waals surface area contributed by atoms with Crippen molar-refractivity contribution in [3.05, 3.63) is 25.3 Å². The molecule has 0 radical (unpaired) electrons. The zero-order valence-electron chi connectivity index (χ0n) is 10.8. The van der Waals surface area contributed by atoms with Gasteiger partial charge in [-0.1, -0.05) is 0 Å². The molecule has 0 aliphatic heterocycles. The molecule has 0 spiro atoms. The first-order chi connectivity index (χ1) is 9.69. The number of esters is 2. The molecule has 2 atom stereocenters. The molecule has 0 aromatic carbocycles. The van der Waals surface area contributed by atoms with Gasteiger partial charge in [0, 0.05) is 0 Å². The Morgan fingerprint density at radius 2 is 1.30 bits per heavy atom. The number of nitrogens with zero attached hydrogens (tertiary/aromatic N) is 6. The first kappa shape index (κ1) is 13.6. The van der Waals surface area contributed by atoms with Crippen LogP contribution in [0.15, 0.2) is 25.3 Å². The number of aromatic nitrogens is 6. The highest BCUT2D eigenvalue weighted by Gasteiger charge is 2.39. The van der Waals surface area contributed by atoms with Gasteiger partial charge in [0.1, 0.15) is 25.3 Å². The van der Waals surface area contributed by atoms with Crippen molar-refractivity contribution in [2.75, 3.05) is 14.2 Å². The quantitative estimate of drug-likeness (QED) is 0.640. The van der Waals surface area contributed by atoms with Crippen molar-refractivity contribution in [3.8, 4) is 0 Å². The Labute approximate surface area is 113 Å². The molecule has 0 aliphatic carbocycles. The lowest BCUT2D eigenvalue weighted by Crippen LogP contribution is -2.36. The number of hydrogen-bond acceptors (Lipinski definition) is 8. The Hall–Kier alpha value is -2.78. The van der Waals surface area contributed by atoms with Crippen molar-refractivity contribution in [1.82, 2.24) is 29.5 Å². The van der Waals surface area contributed by atoms with Gasteiger partial charge in [-0.15, -0.1) is 0 Å². The third kappa shape index (κ3) is 2.48. The molecule has 0 unspecified atom stereocenters. The van der Waals surface area contributed by atoms with Crippen molar-refractivity contribution in [1.29, 1.82) is 0 Å². The van der Waals surface area contributed by atoms with Gasteiger partial charge in [-0.25, -0.2) is 28.9 Å². The van der Waals surface area contributed by atoms with Gasteiger partial charge in [0.05, 0.1) is 14.2 Å². The monoisotopic (exact) mass is 280 g/mol. The van der Waals surface area contributed by atoms with E-state index in [0.717, 1.165) is 0 Å². The summed E-state index contributed by atoms with van der Waals surface area (Å²) in [5, 5.41) is 7.74. The third-order valence-corrected chi connectivity index (χ3v) is 2.63. The molecule has 0 saturated carbocycles. The summed E-state index contributed by atoms with van der Waals surface area (Å²) in [7, 11) is 2.42. The van der Waals surface area contributed by atoms with Gasteiger partial charge in [0.15, 0.2) is 12.1 Å². The molecule has 0 N–H and O–H groups in total. The number of hydrogen-bond donors (Lipinski definition) is 0. The van der Waals surface area contributed by atoms with Crippen LogP contribution >= 0.6 is 0 Å². The topological polar surface area (TPSA) is 114 Å². The van der Waals surface area contributed by atoms with Gasteiger partial charge in [-0.2, -0.15) is 10.2 Å². The van der Waals surface area contributed by atoms with Crippen LogP contribution in [0.25, 0.3) is 0 Å². The maximum Gasteiger partial charge on any atom is 0.333 e. The molecule has 106 valence electrons. The predicted molar refractivity (Wildman–Crippen MR) is 62.2 cm³/mol. The van der Waals surface area contributed by atoms with E-state index in [-0.39, 0.29) is 0 Å². The van der Waals surface area contributed by atoms with Crippen molar-refractivity contribution in [3.63, 3.8) is 0 Å².